The third kappa shape index (κ3) is 4.29. The maximum atomic E-state index is 12.4. The molecule has 2 nitrogen and oxygen atoms in total. The number of hydrogen-bond donors (Lipinski definition) is 1. The number of halogens is 3. The van der Waals surface area contributed by atoms with Gasteiger partial charge in [0.1, 0.15) is 0 Å². The maximum Gasteiger partial charge on any atom is 0.391 e. The van der Waals surface area contributed by atoms with Crippen molar-refractivity contribution in [1.29, 1.82) is 0 Å². The first-order valence-corrected chi connectivity index (χ1v) is 5.75. The minimum Gasteiger partial charge on any atom is -0.383 e. The van der Waals surface area contributed by atoms with E-state index in [0.717, 1.165) is 0 Å². The molecule has 0 spiro atoms. The lowest BCUT2D eigenvalue weighted by Gasteiger charge is -2.32. The molecule has 5 heteroatoms. The van der Waals surface area contributed by atoms with Gasteiger partial charge in [-0.3, -0.25) is 0 Å². The van der Waals surface area contributed by atoms with Crippen molar-refractivity contribution in [3.05, 3.63) is 0 Å². The zero-order valence-corrected chi connectivity index (χ0v) is 9.81. The van der Waals surface area contributed by atoms with Gasteiger partial charge in [-0.2, -0.15) is 13.2 Å². The minimum atomic E-state index is -4.01. The number of alkyl halides is 3. The molecule has 0 aliphatic heterocycles. The van der Waals surface area contributed by atoms with E-state index in [1.54, 1.807) is 7.11 Å². The third-order valence-corrected chi connectivity index (χ3v) is 3.13. The van der Waals surface area contributed by atoms with E-state index in [0.29, 0.717) is 19.4 Å². The smallest absolute Gasteiger partial charge is 0.383 e. The van der Waals surface area contributed by atoms with Crippen molar-refractivity contribution in [2.45, 2.75) is 50.9 Å². The molecule has 1 rings (SSSR count). The van der Waals surface area contributed by atoms with E-state index < -0.39 is 12.1 Å². The predicted octanol–water partition coefficient (Wildman–Crippen LogP) is 2.73. The Morgan fingerprint density at radius 1 is 1.25 bits per heavy atom. The quantitative estimate of drug-likeness (QED) is 0.814. The number of methoxy groups -OCH3 is 1. The fraction of sp³-hybridized carbons (Fsp3) is 1.00. The molecule has 0 aromatic rings. The Labute approximate surface area is 94.5 Å². The molecule has 1 saturated carbocycles. The summed E-state index contributed by atoms with van der Waals surface area (Å²) in [6, 6.07) is 0.418. The van der Waals surface area contributed by atoms with Gasteiger partial charge in [-0.1, -0.05) is 0 Å². The molecule has 1 atom stereocenters. The van der Waals surface area contributed by atoms with Crippen LogP contribution in [-0.2, 0) is 4.74 Å². The zero-order valence-electron chi connectivity index (χ0n) is 9.81. The summed E-state index contributed by atoms with van der Waals surface area (Å²) in [4.78, 5) is 0. The molecule has 0 radical (unpaired) electrons. The molecule has 0 heterocycles. The summed E-state index contributed by atoms with van der Waals surface area (Å²) in [6.07, 6.45) is -2.29. The lowest BCUT2D eigenvalue weighted by molar-refractivity contribution is -0.182. The summed E-state index contributed by atoms with van der Waals surface area (Å²) >= 11 is 0. The standard InChI is InChI=1S/C11H20F3NO/c1-8(7-16-2)15-10-5-3-9(4-6-10)11(12,13)14/h8-10,15H,3-7H2,1-2H3. The second-order valence-electron chi connectivity index (χ2n) is 4.61. The molecule has 1 N–H and O–H groups in total. The molecule has 1 aliphatic carbocycles. The second kappa shape index (κ2) is 5.87. The van der Waals surface area contributed by atoms with Gasteiger partial charge in [0.2, 0.25) is 0 Å². The molecule has 0 aromatic carbocycles. The number of nitrogens with one attached hydrogen (secondary N) is 1. The van der Waals surface area contributed by atoms with E-state index in [9.17, 15) is 13.2 Å². The fourth-order valence-electron chi connectivity index (χ4n) is 2.29. The van der Waals surface area contributed by atoms with E-state index in [1.165, 1.54) is 0 Å². The van der Waals surface area contributed by atoms with Crippen molar-refractivity contribution < 1.29 is 17.9 Å². The van der Waals surface area contributed by atoms with E-state index in [4.69, 9.17) is 4.74 Å². The lowest BCUT2D eigenvalue weighted by atomic mass is 9.85. The van der Waals surface area contributed by atoms with Crippen molar-refractivity contribution in [3.8, 4) is 0 Å². The number of hydrogen-bond acceptors (Lipinski definition) is 2. The van der Waals surface area contributed by atoms with Crippen molar-refractivity contribution in [2.24, 2.45) is 5.92 Å². The van der Waals surface area contributed by atoms with Gasteiger partial charge in [0.25, 0.3) is 0 Å². The van der Waals surface area contributed by atoms with Gasteiger partial charge in [0, 0.05) is 19.2 Å². The van der Waals surface area contributed by atoms with E-state index in [1.807, 2.05) is 6.92 Å². The summed E-state index contributed by atoms with van der Waals surface area (Å²) in [5.74, 6) is -1.09. The lowest BCUT2D eigenvalue weighted by Crippen LogP contribution is -2.42. The highest BCUT2D eigenvalue weighted by Gasteiger charge is 2.41. The Kier molecular flexibility index (Phi) is 5.05. The highest BCUT2D eigenvalue weighted by atomic mass is 19.4. The van der Waals surface area contributed by atoms with Crippen LogP contribution >= 0.6 is 0 Å². The van der Waals surface area contributed by atoms with E-state index >= 15 is 0 Å². The minimum absolute atomic E-state index is 0.206. The van der Waals surface area contributed by atoms with Crippen LogP contribution in [0.1, 0.15) is 32.6 Å². The summed E-state index contributed by atoms with van der Waals surface area (Å²) in [5, 5.41) is 3.30. The largest absolute Gasteiger partial charge is 0.391 e. The fourth-order valence-corrected chi connectivity index (χ4v) is 2.29. The third-order valence-electron chi connectivity index (χ3n) is 3.13. The SMILES string of the molecule is COCC(C)NC1CCC(C(F)(F)F)CC1. The van der Waals surface area contributed by atoms with E-state index in [2.05, 4.69) is 5.32 Å². The Bertz CT molecular complexity index is 200. The van der Waals surface area contributed by atoms with Crippen LogP contribution in [0.3, 0.4) is 0 Å². The Morgan fingerprint density at radius 2 is 1.81 bits per heavy atom. The van der Waals surface area contributed by atoms with Crippen LogP contribution in [0.4, 0.5) is 13.2 Å². The summed E-state index contributed by atoms with van der Waals surface area (Å²) < 4.78 is 42.2. The van der Waals surface area contributed by atoms with Crippen LogP contribution in [0.15, 0.2) is 0 Å². The van der Waals surface area contributed by atoms with Crippen LogP contribution < -0.4 is 5.32 Å². The summed E-state index contributed by atoms with van der Waals surface area (Å²) in [6.45, 7) is 2.58. The molecule has 1 fully saturated rings. The zero-order chi connectivity index (χ0) is 12.2. The first kappa shape index (κ1) is 13.8. The molecule has 0 amide bonds. The normalized spacial score (nSPS) is 29.1. The van der Waals surface area contributed by atoms with Crippen LogP contribution in [-0.4, -0.2) is 32.0 Å². The van der Waals surface area contributed by atoms with Crippen molar-refractivity contribution in [1.82, 2.24) is 5.32 Å². The highest BCUT2D eigenvalue weighted by Crippen LogP contribution is 2.37. The Hall–Kier alpha value is -0.290. The number of rotatable bonds is 4. The second-order valence-corrected chi connectivity index (χ2v) is 4.61. The van der Waals surface area contributed by atoms with Crippen LogP contribution in [0.5, 0.6) is 0 Å². The van der Waals surface area contributed by atoms with Crippen LogP contribution in [0.25, 0.3) is 0 Å². The molecule has 1 unspecified atom stereocenters. The van der Waals surface area contributed by atoms with Crippen molar-refractivity contribution >= 4 is 0 Å². The molecular weight excluding hydrogens is 219 g/mol. The van der Waals surface area contributed by atoms with Crippen LogP contribution in [0.2, 0.25) is 0 Å². The molecule has 0 aromatic heterocycles. The predicted molar refractivity (Wildman–Crippen MR) is 56.3 cm³/mol. The maximum absolute atomic E-state index is 12.4. The van der Waals surface area contributed by atoms with Gasteiger partial charge >= 0.3 is 6.18 Å². The average Bonchev–Trinajstić information content (AvgIpc) is 2.17. The summed E-state index contributed by atoms with van der Waals surface area (Å²) in [7, 11) is 1.62. The molecule has 96 valence electrons. The summed E-state index contributed by atoms with van der Waals surface area (Å²) in [5.41, 5.74) is 0. The highest BCUT2D eigenvalue weighted by molar-refractivity contribution is 4.82. The molecule has 0 bridgehead atoms. The van der Waals surface area contributed by atoms with E-state index in [-0.39, 0.29) is 24.9 Å². The Balaban J connectivity index is 2.27. The molecule has 0 saturated heterocycles. The van der Waals surface area contributed by atoms with Gasteiger partial charge in [0.05, 0.1) is 12.5 Å². The molecule has 16 heavy (non-hydrogen) atoms. The van der Waals surface area contributed by atoms with Crippen molar-refractivity contribution in [2.75, 3.05) is 13.7 Å². The first-order valence-electron chi connectivity index (χ1n) is 5.75. The first-order chi connectivity index (χ1) is 7.43. The van der Waals surface area contributed by atoms with Crippen LogP contribution in [0, 0.1) is 5.92 Å². The van der Waals surface area contributed by atoms with Gasteiger partial charge < -0.3 is 10.1 Å². The van der Waals surface area contributed by atoms with Gasteiger partial charge in [0.15, 0.2) is 0 Å². The Morgan fingerprint density at radius 3 is 2.25 bits per heavy atom. The molecular formula is C11H20F3NO. The van der Waals surface area contributed by atoms with Gasteiger partial charge in [-0.05, 0) is 32.6 Å². The monoisotopic (exact) mass is 239 g/mol. The van der Waals surface area contributed by atoms with Gasteiger partial charge in [-0.15, -0.1) is 0 Å². The molecule has 1 aliphatic rings. The topological polar surface area (TPSA) is 21.3 Å². The number of ether oxygens (including phenoxy) is 1. The van der Waals surface area contributed by atoms with Gasteiger partial charge in [-0.25, -0.2) is 0 Å². The average molecular weight is 239 g/mol. The van der Waals surface area contributed by atoms with Crippen molar-refractivity contribution in [3.63, 3.8) is 0 Å².